The van der Waals surface area contributed by atoms with Crippen LogP contribution in [0.3, 0.4) is 0 Å². The van der Waals surface area contributed by atoms with Crippen LogP contribution in [0.5, 0.6) is 0 Å². The summed E-state index contributed by atoms with van der Waals surface area (Å²) in [5, 5.41) is 3.31. The van der Waals surface area contributed by atoms with Crippen molar-refractivity contribution >= 4 is 5.91 Å². The number of carbonyl (C=O) groups is 1. The van der Waals surface area contributed by atoms with Crippen molar-refractivity contribution in [2.75, 3.05) is 6.54 Å². The van der Waals surface area contributed by atoms with E-state index in [2.05, 4.69) is 12.2 Å². The smallest absolute Gasteiger partial charge is 0.223 e. The number of carbonyl (C=O) groups excluding carboxylic acids is 1. The lowest BCUT2D eigenvalue weighted by Crippen LogP contribution is -2.42. The third kappa shape index (κ3) is 4.47. The maximum Gasteiger partial charge on any atom is 0.223 e. The third-order valence-corrected chi connectivity index (χ3v) is 5.53. The van der Waals surface area contributed by atoms with Gasteiger partial charge in [-0.25, -0.2) is 0 Å². The lowest BCUT2D eigenvalue weighted by atomic mass is 9.81. The SMILES string of the molecule is C[C@H](NC(=O)C1CCC(CN)CC1)C1CCCCCC1. The highest BCUT2D eigenvalue weighted by molar-refractivity contribution is 5.79. The van der Waals surface area contributed by atoms with Gasteiger partial charge in [0.15, 0.2) is 0 Å². The van der Waals surface area contributed by atoms with Crippen LogP contribution in [0.4, 0.5) is 0 Å². The molecular weight excluding hydrogens is 248 g/mol. The Kier molecular flexibility index (Phi) is 6.34. The van der Waals surface area contributed by atoms with Crippen molar-refractivity contribution in [3.05, 3.63) is 0 Å². The molecule has 0 aromatic heterocycles. The van der Waals surface area contributed by atoms with E-state index in [1.54, 1.807) is 0 Å². The first kappa shape index (κ1) is 15.8. The molecule has 0 aliphatic heterocycles. The molecule has 0 unspecified atom stereocenters. The summed E-state index contributed by atoms with van der Waals surface area (Å²) in [6, 6.07) is 0.354. The minimum atomic E-state index is 0.242. The quantitative estimate of drug-likeness (QED) is 0.777. The molecule has 2 saturated carbocycles. The van der Waals surface area contributed by atoms with Crippen LogP contribution in [0.2, 0.25) is 0 Å². The minimum Gasteiger partial charge on any atom is -0.353 e. The van der Waals surface area contributed by atoms with Crippen molar-refractivity contribution in [1.29, 1.82) is 0 Å². The van der Waals surface area contributed by atoms with Crippen molar-refractivity contribution in [2.45, 2.75) is 77.2 Å². The summed E-state index contributed by atoms with van der Waals surface area (Å²) in [5.41, 5.74) is 5.72. The number of nitrogens with two attached hydrogens (primary N) is 1. The first-order chi connectivity index (χ1) is 9.70. The maximum absolute atomic E-state index is 12.4. The first-order valence-electron chi connectivity index (χ1n) is 8.71. The molecule has 1 amide bonds. The Bertz CT molecular complexity index is 289. The van der Waals surface area contributed by atoms with Crippen LogP contribution in [-0.4, -0.2) is 18.5 Å². The topological polar surface area (TPSA) is 55.1 Å². The van der Waals surface area contributed by atoms with Crippen molar-refractivity contribution in [3.63, 3.8) is 0 Å². The van der Waals surface area contributed by atoms with Gasteiger partial charge in [0, 0.05) is 12.0 Å². The highest BCUT2D eigenvalue weighted by atomic mass is 16.1. The summed E-state index contributed by atoms with van der Waals surface area (Å²) < 4.78 is 0. The molecule has 1 atom stereocenters. The molecule has 20 heavy (non-hydrogen) atoms. The Morgan fingerprint density at radius 3 is 2.20 bits per heavy atom. The molecule has 0 radical (unpaired) electrons. The van der Waals surface area contributed by atoms with Crippen LogP contribution in [-0.2, 0) is 4.79 Å². The molecule has 116 valence electrons. The van der Waals surface area contributed by atoms with Gasteiger partial charge in [0.05, 0.1) is 0 Å². The lowest BCUT2D eigenvalue weighted by Gasteiger charge is -2.30. The normalized spacial score (nSPS) is 30.5. The molecule has 0 aromatic rings. The van der Waals surface area contributed by atoms with Gasteiger partial charge < -0.3 is 11.1 Å². The van der Waals surface area contributed by atoms with Gasteiger partial charge in [-0.3, -0.25) is 4.79 Å². The standard InChI is InChI=1S/C17H32N2O/c1-13(15-6-4-2-3-5-7-15)19-17(20)16-10-8-14(12-18)9-11-16/h13-16H,2-12,18H2,1H3,(H,19,20)/t13-,14?,16?/m0/s1. The molecule has 2 fully saturated rings. The van der Waals surface area contributed by atoms with Gasteiger partial charge in [-0.05, 0) is 63.8 Å². The molecule has 2 rings (SSSR count). The monoisotopic (exact) mass is 280 g/mol. The molecule has 3 heteroatoms. The Morgan fingerprint density at radius 2 is 1.65 bits per heavy atom. The predicted octanol–water partition coefficient (Wildman–Crippen LogP) is 3.23. The van der Waals surface area contributed by atoms with E-state index in [4.69, 9.17) is 5.73 Å². The van der Waals surface area contributed by atoms with Gasteiger partial charge in [0.25, 0.3) is 0 Å². The summed E-state index contributed by atoms with van der Waals surface area (Å²) in [5.74, 6) is 1.89. The van der Waals surface area contributed by atoms with E-state index in [1.165, 1.54) is 38.5 Å². The van der Waals surface area contributed by atoms with Crippen LogP contribution in [0.25, 0.3) is 0 Å². The fourth-order valence-electron chi connectivity index (χ4n) is 3.93. The van der Waals surface area contributed by atoms with Gasteiger partial charge in [-0.1, -0.05) is 25.7 Å². The first-order valence-corrected chi connectivity index (χ1v) is 8.71. The molecule has 0 spiro atoms. The van der Waals surface area contributed by atoms with Crippen molar-refractivity contribution in [2.24, 2.45) is 23.5 Å². The summed E-state index contributed by atoms with van der Waals surface area (Å²) in [4.78, 5) is 12.4. The van der Waals surface area contributed by atoms with E-state index in [-0.39, 0.29) is 5.92 Å². The maximum atomic E-state index is 12.4. The molecule has 3 N–H and O–H groups in total. The molecule has 2 aliphatic rings. The van der Waals surface area contributed by atoms with Crippen LogP contribution in [0.1, 0.15) is 71.1 Å². The van der Waals surface area contributed by atoms with Gasteiger partial charge in [-0.15, -0.1) is 0 Å². The Morgan fingerprint density at radius 1 is 1.05 bits per heavy atom. The highest BCUT2D eigenvalue weighted by Crippen LogP contribution is 2.29. The second kappa shape index (κ2) is 8.02. The van der Waals surface area contributed by atoms with E-state index in [1.807, 2.05) is 0 Å². The molecule has 2 aliphatic carbocycles. The minimum absolute atomic E-state index is 0.242. The van der Waals surface area contributed by atoms with Crippen molar-refractivity contribution in [3.8, 4) is 0 Å². The van der Waals surface area contributed by atoms with E-state index < -0.39 is 0 Å². The Balaban J connectivity index is 1.75. The van der Waals surface area contributed by atoms with E-state index in [0.717, 1.165) is 32.2 Å². The predicted molar refractivity (Wildman–Crippen MR) is 83.3 cm³/mol. The van der Waals surface area contributed by atoms with Gasteiger partial charge in [0.2, 0.25) is 5.91 Å². The largest absolute Gasteiger partial charge is 0.353 e. The summed E-state index contributed by atoms with van der Waals surface area (Å²) in [6.07, 6.45) is 12.3. The second-order valence-electron chi connectivity index (χ2n) is 7.00. The van der Waals surface area contributed by atoms with Gasteiger partial charge in [-0.2, -0.15) is 0 Å². The van der Waals surface area contributed by atoms with Crippen molar-refractivity contribution in [1.82, 2.24) is 5.32 Å². The van der Waals surface area contributed by atoms with Gasteiger partial charge >= 0.3 is 0 Å². The molecule has 3 nitrogen and oxygen atoms in total. The van der Waals surface area contributed by atoms with Crippen LogP contribution in [0, 0.1) is 17.8 Å². The molecule has 0 bridgehead atoms. The second-order valence-corrected chi connectivity index (χ2v) is 7.00. The lowest BCUT2D eigenvalue weighted by molar-refractivity contribution is -0.127. The molecule has 0 aromatic carbocycles. The summed E-state index contributed by atoms with van der Waals surface area (Å²) in [6.45, 7) is 2.99. The number of nitrogens with one attached hydrogen (secondary N) is 1. The van der Waals surface area contributed by atoms with Gasteiger partial charge in [0.1, 0.15) is 0 Å². The van der Waals surface area contributed by atoms with Crippen LogP contribution < -0.4 is 11.1 Å². The average molecular weight is 280 g/mol. The molecule has 0 heterocycles. The Hall–Kier alpha value is -0.570. The number of rotatable bonds is 4. The summed E-state index contributed by atoms with van der Waals surface area (Å²) in [7, 11) is 0. The van der Waals surface area contributed by atoms with Crippen molar-refractivity contribution < 1.29 is 4.79 Å². The van der Waals surface area contributed by atoms with E-state index in [9.17, 15) is 4.79 Å². The highest BCUT2D eigenvalue weighted by Gasteiger charge is 2.28. The van der Waals surface area contributed by atoms with E-state index >= 15 is 0 Å². The van der Waals surface area contributed by atoms with E-state index in [0.29, 0.717) is 23.8 Å². The number of hydrogen-bond acceptors (Lipinski definition) is 2. The average Bonchev–Trinajstić information content (AvgIpc) is 2.76. The zero-order valence-corrected chi connectivity index (χ0v) is 13.1. The Labute approximate surface area is 124 Å². The van der Waals surface area contributed by atoms with Crippen LogP contribution >= 0.6 is 0 Å². The molecular formula is C17H32N2O. The number of hydrogen-bond donors (Lipinski definition) is 2. The summed E-state index contributed by atoms with van der Waals surface area (Å²) >= 11 is 0. The zero-order chi connectivity index (χ0) is 14.4. The fraction of sp³-hybridized carbons (Fsp3) is 0.941. The zero-order valence-electron chi connectivity index (χ0n) is 13.1. The van der Waals surface area contributed by atoms with Crippen LogP contribution in [0.15, 0.2) is 0 Å². The molecule has 0 saturated heterocycles. The third-order valence-electron chi connectivity index (χ3n) is 5.53. The fourth-order valence-corrected chi connectivity index (χ4v) is 3.93. The number of amides is 1.